The van der Waals surface area contributed by atoms with E-state index < -0.39 is 5.54 Å². The van der Waals surface area contributed by atoms with Crippen LogP contribution in [-0.4, -0.2) is 37.9 Å². The number of methoxy groups -OCH3 is 1. The average Bonchev–Trinajstić information content (AvgIpc) is 3.23. The fourth-order valence-electron chi connectivity index (χ4n) is 2.52. The number of carbonyl (C=O) groups excluding carboxylic acids is 1. The molecular formula is C16H29NO3. The van der Waals surface area contributed by atoms with Gasteiger partial charge in [-0.05, 0) is 43.4 Å². The zero-order valence-corrected chi connectivity index (χ0v) is 13.3. The van der Waals surface area contributed by atoms with Crippen LogP contribution in [0.4, 0.5) is 0 Å². The Labute approximate surface area is 122 Å². The van der Waals surface area contributed by atoms with Crippen LogP contribution in [0.1, 0.15) is 52.9 Å². The molecular weight excluding hydrogens is 254 g/mol. The fourth-order valence-corrected chi connectivity index (χ4v) is 2.52. The third-order valence-electron chi connectivity index (χ3n) is 4.19. The largest absolute Gasteiger partial charge is 0.468 e. The lowest BCUT2D eigenvalue weighted by Gasteiger charge is -2.32. The van der Waals surface area contributed by atoms with E-state index in [0.717, 1.165) is 32.1 Å². The second-order valence-corrected chi connectivity index (χ2v) is 7.52. The number of carbonyl (C=O) groups is 1. The van der Waals surface area contributed by atoms with Crippen LogP contribution in [0.3, 0.4) is 0 Å². The van der Waals surface area contributed by atoms with Crippen LogP contribution in [0.2, 0.25) is 0 Å². The second-order valence-electron chi connectivity index (χ2n) is 7.52. The lowest BCUT2D eigenvalue weighted by atomic mass is 9.92. The lowest BCUT2D eigenvalue weighted by molar-refractivity contribution is -0.153. The van der Waals surface area contributed by atoms with Crippen molar-refractivity contribution >= 4 is 5.97 Å². The minimum Gasteiger partial charge on any atom is -0.468 e. The molecule has 0 aliphatic heterocycles. The van der Waals surface area contributed by atoms with Crippen molar-refractivity contribution in [3.63, 3.8) is 0 Å². The van der Waals surface area contributed by atoms with E-state index in [1.807, 2.05) is 0 Å². The average molecular weight is 283 g/mol. The van der Waals surface area contributed by atoms with Crippen LogP contribution in [0.25, 0.3) is 0 Å². The molecule has 1 N–H and O–H groups in total. The van der Waals surface area contributed by atoms with Gasteiger partial charge in [0.1, 0.15) is 5.54 Å². The van der Waals surface area contributed by atoms with Crippen molar-refractivity contribution < 1.29 is 14.3 Å². The number of esters is 1. The first-order chi connectivity index (χ1) is 9.37. The van der Waals surface area contributed by atoms with E-state index in [1.54, 1.807) is 0 Å². The topological polar surface area (TPSA) is 47.6 Å². The lowest BCUT2D eigenvalue weighted by Crippen LogP contribution is -2.59. The van der Waals surface area contributed by atoms with E-state index in [-0.39, 0.29) is 11.4 Å². The molecule has 0 spiro atoms. The predicted molar refractivity (Wildman–Crippen MR) is 78.5 cm³/mol. The summed E-state index contributed by atoms with van der Waals surface area (Å²) >= 11 is 0. The highest BCUT2D eigenvalue weighted by Crippen LogP contribution is 2.42. The molecule has 0 aromatic heterocycles. The predicted octanol–water partition coefficient (Wildman–Crippen LogP) is 2.51. The third-order valence-corrected chi connectivity index (χ3v) is 4.19. The van der Waals surface area contributed by atoms with E-state index in [1.165, 1.54) is 7.11 Å². The summed E-state index contributed by atoms with van der Waals surface area (Å²) in [5.74, 6) is 0.229. The van der Waals surface area contributed by atoms with Crippen molar-refractivity contribution in [3.05, 3.63) is 0 Å². The monoisotopic (exact) mass is 283 g/mol. The summed E-state index contributed by atoms with van der Waals surface area (Å²) in [5.41, 5.74) is -0.342. The van der Waals surface area contributed by atoms with Crippen molar-refractivity contribution in [3.8, 4) is 0 Å². The number of nitrogens with one attached hydrogen (secondary N) is 1. The van der Waals surface area contributed by atoms with E-state index in [4.69, 9.17) is 9.47 Å². The molecule has 20 heavy (non-hydrogen) atoms. The molecule has 0 aromatic carbocycles. The molecule has 0 saturated heterocycles. The maximum atomic E-state index is 12.3. The molecule has 2 fully saturated rings. The molecule has 0 aromatic rings. The first kappa shape index (κ1) is 15.8. The smallest absolute Gasteiger partial charge is 0.328 e. The molecule has 0 bridgehead atoms. The van der Waals surface area contributed by atoms with Crippen molar-refractivity contribution in [1.82, 2.24) is 5.32 Å². The molecule has 0 heterocycles. The SMILES string of the molecule is COC(=O)C(COCCC(C)(C)C)(NC1CC1)C1CC1. The van der Waals surface area contributed by atoms with E-state index in [0.29, 0.717) is 25.2 Å². The van der Waals surface area contributed by atoms with E-state index in [9.17, 15) is 4.79 Å². The summed E-state index contributed by atoms with van der Waals surface area (Å²) in [4.78, 5) is 12.3. The molecule has 116 valence electrons. The van der Waals surface area contributed by atoms with Gasteiger partial charge in [0, 0.05) is 12.6 Å². The molecule has 4 nitrogen and oxygen atoms in total. The summed E-state index contributed by atoms with van der Waals surface area (Å²) in [6.07, 6.45) is 5.51. The second kappa shape index (κ2) is 6.02. The Bertz CT molecular complexity index is 342. The Hall–Kier alpha value is -0.610. The minimum absolute atomic E-state index is 0.150. The number of hydrogen-bond acceptors (Lipinski definition) is 4. The van der Waals surface area contributed by atoms with Crippen LogP contribution in [0.15, 0.2) is 0 Å². The molecule has 1 atom stereocenters. The van der Waals surface area contributed by atoms with Crippen molar-refractivity contribution in [2.24, 2.45) is 11.3 Å². The minimum atomic E-state index is -0.603. The van der Waals surface area contributed by atoms with Gasteiger partial charge in [-0.3, -0.25) is 5.32 Å². The molecule has 2 aliphatic carbocycles. The van der Waals surface area contributed by atoms with Gasteiger partial charge in [-0.25, -0.2) is 4.79 Å². The van der Waals surface area contributed by atoms with Gasteiger partial charge in [0.15, 0.2) is 0 Å². The van der Waals surface area contributed by atoms with E-state index in [2.05, 4.69) is 26.1 Å². The van der Waals surface area contributed by atoms with Crippen LogP contribution < -0.4 is 5.32 Å². The Balaban J connectivity index is 1.92. The molecule has 0 amide bonds. The van der Waals surface area contributed by atoms with Crippen LogP contribution in [-0.2, 0) is 14.3 Å². The van der Waals surface area contributed by atoms with E-state index >= 15 is 0 Å². The third kappa shape index (κ3) is 4.19. The van der Waals surface area contributed by atoms with Gasteiger partial charge < -0.3 is 9.47 Å². The summed E-state index contributed by atoms with van der Waals surface area (Å²) < 4.78 is 10.9. The normalized spacial score (nSPS) is 22.4. The molecule has 2 aliphatic rings. The van der Waals surface area contributed by atoms with Crippen molar-refractivity contribution in [2.75, 3.05) is 20.3 Å². The molecule has 0 radical (unpaired) electrons. The quantitative estimate of drug-likeness (QED) is 0.549. The standard InChI is InChI=1S/C16H29NO3/c1-15(2,3)9-10-20-11-16(12-5-6-12,14(18)19-4)17-13-7-8-13/h12-13,17H,5-11H2,1-4H3. The van der Waals surface area contributed by atoms with Gasteiger partial charge in [-0.15, -0.1) is 0 Å². The van der Waals surface area contributed by atoms with Gasteiger partial charge in [0.2, 0.25) is 0 Å². The Morgan fingerprint density at radius 3 is 2.30 bits per heavy atom. The molecule has 2 saturated carbocycles. The van der Waals surface area contributed by atoms with Crippen molar-refractivity contribution in [1.29, 1.82) is 0 Å². The van der Waals surface area contributed by atoms with Gasteiger partial charge >= 0.3 is 5.97 Å². The zero-order valence-electron chi connectivity index (χ0n) is 13.3. The Morgan fingerprint density at radius 2 is 1.85 bits per heavy atom. The first-order valence-corrected chi connectivity index (χ1v) is 7.81. The highest BCUT2D eigenvalue weighted by molar-refractivity contribution is 5.82. The number of ether oxygens (including phenoxy) is 2. The Morgan fingerprint density at radius 1 is 1.20 bits per heavy atom. The Kier molecular flexibility index (Phi) is 4.75. The zero-order chi connectivity index (χ0) is 14.8. The highest BCUT2D eigenvalue weighted by Gasteiger charge is 2.54. The summed E-state index contributed by atoms with van der Waals surface area (Å²) in [5, 5.41) is 3.52. The molecule has 2 rings (SSSR count). The van der Waals surface area contributed by atoms with Gasteiger partial charge in [-0.1, -0.05) is 20.8 Å². The van der Waals surface area contributed by atoms with Gasteiger partial charge in [0.05, 0.1) is 13.7 Å². The number of rotatable bonds is 8. The number of hydrogen-bond donors (Lipinski definition) is 1. The molecule has 1 unspecified atom stereocenters. The summed E-state index contributed by atoms with van der Waals surface area (Å²) in [6.45, 7) is 7.74. The maximum absolute atomic E-state index is 12.3. The maximum Gasteiger partial charge on any atom is 0.328 e. The fraction of sp³-hybridized carbons (Fsp3) is 0.938. The summed E-state index contributed by atoms with van der Waals surface area (Å²) in [7, 11) is 1.48. The van der Waals surface area contributed by atoms with Gasteiger partial charge in [0.25, 0.3) is 0 Å². The van der Waals surface area contributed by atoms with Crippen LogP contribution >= 0.6 is 0 Å². The van der Waals surface area contributed by atoms with Crippen molar-refractivity contribution in [2.45, 2.75) is 64.5 Å². The molecule has 4 heteroatoms. The van der Waals surface area contributed by atoms with Gasteiger partial charge in [-0.2, -0.15) is 0 Å². The highest BCUT2D eigenvalue weighted by atomic mass is 16.5. The van der Waals surface area contributed by atoms with Crippen LogP contribution in [0.5, 0.6) is 0 Å². The summed E-state index contributed by atoms with van der Waals surface area (Å²) in [6, 6.07) is 0.473. The first-order valence-electron chi connectivity index (χ1n) is 7.81. The van der Waals surface area contributed by atoms with Crippen LogP contribution in [0, 0.1) is 11.3 Å².